The lowest BCUT2D eigenvalue weighted by Crippen LogP contribution is -2.44. The van der Waals surface area contributed by atoms with E-state index in [-0.39, 0.29) is 16.7 Å². The van der Waals surface area contributed by atoms with Crippen molar-refractivity contribution in [1.82, 2.24) is 14.7 Å². The van der Waals surface area contributed by atoms with Crippen LogP contribution in [-0.4, -0.2) is 86.7 Å². The highest BCUT2D eigenvalue weighted by atomic mass is 16.5. The molecule has 2 aliphatic rings. The van der Waals surface area contributed by atoms with Crippen molar-refractivity contribution in [3.8, 4) is 0 Å². The van der Waals surface area contributed by atoms with E-state index in [1.807, 2.05) is 11.9 Å². The minimum atomic E-state index is 0.208. The maximum atomic E-state index is 12.6. The average Bonchev–Trinajstić information content (AvgIpc) is 2.89. The SMILES string of the molecule is CN(CCC(C)(C)CCC(C)(C)C1CCN(CC2CCN(CCC(C)(C)C)CC2)CC1)C(=O)CCOCCC(C)(C)C. The van der Waals surface area contributed by atoms with Crippen LogP contribution in [0.1, 0.15) is 133 Å². The van der Waals surface area contributed by atoms with Crippen molar-refractivity contribution < 1.29 is 9.53 Å². The monoisotopic (exact) mass is 592 g/mol. The minimum absolute atomic E-state index is 0.208. The Kier molecular flexibility index (Phi) is 14.8. The first kappa shape index (κ1) is 37.5. The molecular formula is C37H73N3O2. The van der Waals surface area contributed by atoms with E-state index in [4.69, 9.17) is 4.74 Å². The quantitative estimate of drug-likeness (QED) is 0.169. The fraction of sp³-hybridized carbons (Fsp3) is 0.973. The summed E-state index contributed by atoms with van der Waals surface area (Å²) in [5.74, 6) is 1.93. The molecular weight excluding hydrogens is 518 g/mol. The largest absolute Gasteiger partial charge is 0.381 e. The van der Waals surface area contributed by atoms with Crippen LogP contribution < -0.4 is 0 Å². The lowest BCUT2D eigenvalue weighted by Gasteiger charge is -2.43. The average molecular weight is 592 g/mol. The molecule has 1 amide bonds. The number of hydrogen-bond acceptors (Lipinski definition) is 4. The fourth-order valence-corrected chi connectivity index (χ4v) is 6.56. The molecule has 0 atom stereocenters. The van der Waals surface area contributed by atoms with E-state index in [2.05, 4.69) is 79.0 Å². The maximum Gasteiger partial charge on any atom is 0.224 e. The van der Waals surface area contributed by atoms with Gasteiger partial charge in [0.2, 0.25) is 5.91 Å². The summed E-state index contributed by atoms with van der Waals surface area (Å²) >= 11 is 0. The van der Waals surface area contributed by atoms with E-state index in [0.29, 0.717) is 23.9 Å². The predicted molar refractivity (Wildman–Crippen MR) is 181 cm³/mol. The molecule has 2 rings (SSSR count). The molecule has 0 saturated carbocycles. The molecule has 0 aromatic heterocycles. The summed E-state index contributed by atoms with van der Waals surface area (Å²) in [5, 5.41) is 0. The highest BCUT2D eigenvalue weighted by Crippen LogP contribution is 2.42. The fourth-order valence-electron chi connectivity index (χ4n) is 6.56. The van der Waals surface area contributed by atoms with Gasteiger partial charge in [0, 0.05) is 26.7 Å². The molecule has 0 aliphatic carbocycles. The van der Waals surface area contributed by atoms with Crippen LogP contribution in [0.15, 0.2) is 0 Å². The van der Waals surface area contributed by atoms with Crippen LogP contribution in [0.4, 0.5) is 0 Å². The van der Waals surface area contributed by atoms with Gasteiger partial charge in [-0.1, -0.05) is 69.2 Å². The van der Waals surface area contributed by atoms with Gasteiger partial charge in [-0.3, -0.25) is 4.79 Å². The molecule has 0 aromatic rings. The molecule has 2 fully saturated rings. The minimum Gasteiger partial charge on any atom is -0.381 e. The summed E-state index contributed by atoms with van der Waals surface area (Å²) in [4.78, 5) is 20.0. The molecule has 0 bridgehead atoms. The molecule has 0 spiro atoms. The number of rotatable bonds is 16. The van der Waals surface area contributed by atoms with Crippen molar-refractivity contribution in [3.63, 3.8) is 0 Å². The van der Waals surface area contributed by atoms with E-state index in [1.165, 1.54) is 84.2 Å². The number of ether oxygens (including phenoxy) is 1. The van der Waals surface area contributed by atoms with E-state index in [1.54, 1.807) is 0 Å². The molecule has 0 N–H and O–H groups in total. The molecule has 0 unspecified atom stereocenters. The van der Waals surface area contributed by atoms with Crippen LogP contribution in [0, 0.1) is 33.5 Å². The number of carbonyl (C=O) groups excluding carboxylic acids is 1. The normalized spacial score (nSPS) is 19.4. The summed E-state index contributed by atoms with van der Waals surface area (Å²) in [6, 6.07) is 0. The molecule has 2 saturated heterocycles. The van der Waals surface area contributed by atoms with Gasteiger partial charge in [-0.2, -0.15) is 0 Å². The third-order valence-corrected chi connectivity index (χ3v) is 10.5. The van der Waals surface area contributed by atoms with Crippen LogP contribution in [0.2, 0.25) is 0 Å². The Bertz CT molecular complexity index is 763. The number of nitrogens with zero attached hydrogens (tertiary/aromatic N) is 3. The molecule has 5 nitrogen and oxygen atoms in total. The molecule has 2 heterocycles. The van der Waals surface area contributed by atoms with Crippen molar-refractivity contribution in [1.29, 1.82) is 0 Å². The summed E-state index contributed by atoms with van der Waals surface area (Å²) < 4.78 is 5.72. The van der Waals surface area contributed by atoms with Gasteiger partial charge in [-0.05, 0) is 124 Å². The smallest absolute Gasteiger partial charge is 0.224 e. The van der Waals surface area contributed by atoms with Gasteiger partial charge in [-0.15, -0.1) is 0 Å². The van der Waals surface area contributed by atoms with Gasteiger partial charge in [0.1, 0.15) is 0 Å². The molecule has 42 heavy (non-hydrogen) atoms. The number of carbonyl (C=O) groups is 1. The Labute approximate surface area is 262 Å². The van der Waals surface area contributed by atoms with Crippen molar-refractivity contribution in [2.75, 3.05) is 66.1 Å². The second-order valence-corrected chi connectivity index (χ2v) is 18.1. The van der Waals surface area contributed by atoms with Gasteiger partial charge in [0.05, 0.1) is 13.0 Å². The Hall–Kier alpha value is -0.650. The van der Waals surface area contributed by atoms with Gasteiger partial charge in [0.25, 0.3) is 0 Å². The van der Waals surface area contributed by atoms with Gasteiger partial charge >= 0.3 is 0 Å². The predicted octanol–water partition coefficient (Wildman–Crippen LogP) is 8.37. The van der Waals surface area contributed by atoms with Crippen molar-refractivity contribution in [3.05, 3.63) is 0 Å². The topological polar surface area (TPSA) is 36.0 Å². The second-order valence-electron chi connectivity index (χ2n) is 18.1. The highest BCUT2D eigenvalue weighted by molar-refractivity contribution is 5.75. The number of likely N-dealkylation sites (tertiary alicyclic amines) is 2. The Morgan fingerprint density at radius 2 is 1.29 bits per heavy atom. The number of hydrogen-bond donors (Lipinski definition) is 0. The Morgan fingerprint density at radius 1 is 0.714 bits per heavy atom. The van der Waals surface area contributed by atoms with Crippen LogP contribution >= 0.6 is 0 Å². The zero-order chi connectivity index (χ0) is 31.6. The van der Waals surface area contributed by atoms with Crippen molar-refractivity contribution >= 4 is 5.91 Å². The zero-order valence-electron chi connectivity index (χ0n) is 30.2. The van der Waals surface area contributed by atoms with Crippen LogP contribution in [0.3, 0.4) is 0 Å². The van der Waals surface area contributed by atoms with Crippen LogP contribution in [0.25, 0.3) is 0 Å². The highest BCUT2D eigenvalue weighted by Gasteiger charge is 2.35. The second kappa shape index (κ2) is 16.6. The van der Waals surface area contributed by atoms with Crippen molar-refractivity contribution in [2.45, 2.75) is 133 Å². The lowest BCUT2D eigenvalue weighted by atomic mass is 9.68. The standard InChI is InChI=1S/C37H73N3O2/c1-34(2,3)19-27-39-22-12-31(13-23-39)30-40-24-14-32(15-25-40)37(9,10)18-17-36(7,8)20-26-38(11)33(41)16-28-42-29-21-35(4,5)6/h31-32H,12-30H2,1-11H3. The first-order valence-corrected chi connectivity index (χ1v) is 17.6. The van der Waals surface area contributed by atoms with Gasteiger partial charge in [-0.25, -0.2) is 0 Å². The lowest BCUT2D eigenvalue weighted by molar-refractivity contribution is -0.131. The van der Waals surface area contributed by atoms with E-state index < -0.39 is 0 Å². The molecule has 0 radical (unpaired) electrons. The molecule has 0 aromatic carbocycles. The van der Waals surface area contributed by atoms with Crippen LogP contribution in [0.5, 0.6) is 0 Å². The summed E-state index contributed by atoms with van der Waals surface area (Å²) in [5.41, 5.74) is 1.36. The molecule has 2 aliphatic heterocycles. The first-order chi connectivity index (χ1) is 19.4. The van der Waals surface area contributed by atoms with Crippen LogP contribution in [-0.2, 0) is 9.53 Å². The van der Waals surface area contributed by atoms with Crippen molar-refractivity contribution in [2.24, 2.45) is 33.5 Å². The maximum absolute atomic E-state index is 12.6. The number of amides is 1. The Morgan fingerprint density at radius 3 is 1.86 bits per heavy atom. The third kappa shape index (κ3) is 15.4. The molecule has 5 heteroatoms. The summed E-state index contributed by atoms with van der Waals surface area (Å²) in [7, 11) is 1.96. The summed E-state index contributed by atoms with van der Waals surface area (Å²) in [6.07, 6.45) is 11.9. The van der Waals surface area contributed by atoms with Gasteiger partial charge in [0.15, 0.2) is 0 Å². The van der Waals surface area contributed by atoms with E-state index in [0.717, 1.165) is 37.8 Å². The van der Waals surface area contributed by atoms with Gasteiger partial charge < -0.3 is 19.4 Å². The third-order valence-electron chi connectivity index (χ3n) is 10.5. The zero-order valence-corrected chi connectivity index (χ0v) is 30.2. The summed E-state index contributed by atoms with van der Waals surface area (Å²) in [6.45, 7) is 33.5. The number of piperidine rings is 2. The van der Waals surface area contributed by atoms with E-state index >= 15 is 0 Å². The molecule has 248 valence electrons. The Balaban J connectivity index is 1.63. The first-order valence-electron chi connectivity index (χ1n) is 17.6. The van der Waals surface area contributed by atoms with E-state index in [9.17, 15) is 4.79 Å².